The fourth-order valence-corrected chi connectivity index (χ4v) is 2.57. The van der Waals surface area contributed by atoms with Gasteiger partial charge in [-0.15, -0.1) is 0 Å². The van der Waals surface area contributed by atoms with Crippen LogP contribution < -0.4 is 5.32 Å². The summed E-state index contributed by atoms with van der Waals surface area (Å²) in [6.07, 6.45) is 1.09. The molecule has 76 valence electrons. The van der Waals surface area contributed by atoms with Crippen LogP contribution in [0.3, 0.4) is 0 Å². The Hall–Kier alpha value is -0.120. The first kappa shape index (κ1) is 10.4. The summed E-state index contributed by atoms with van der Waals surface area (Å²) >= 11 is 8.94. The van der Waals surface area contributed by atoms with Crippen molar-refractivity contribution >= 4 is 27.5 Å². The van der Waals surface area contributed by atoms with E-state index in [0.717, 1.165) is 25.1 Å². The van der Waals surface area contributed by atoms with Crippen molar-refractivity contribution in [2.75, 3.05) is 13.1 Å². The molecule has 0 amide bonds. The van der Waals surface area contributed by atoms with Crippen LogP contribution in [-0.4, -0.2) is 13.1 Å². The fraction of sp³-hybridized carbons (Fsp3) is 0.400. The number of halogens is 3. The lowest BCUT2D eigenvalue weighted by Crippen LogP contribution is -2.08. The summed E-state index contributed by atoms with van der Waals surface area (Å²) in [6, 6.07) is 3.54. The Morgan fingerprint density at radius 2 is 2.29 bits per heavy atom. The first-order valence-electron chi connectivity index (χ1n) is 4.53. The molecule has 0 aliphatic carbocycles. The van der Waals surface area contributed by atoms with Crippen molar-refractivity contribution in [1.29, 1.82) is 0 Å². The van der Waals surface area contributed by atoms with E-state index in [4.69, 9.17) is 11.6 Å². The van der Waals surface area contributed by atoms with Crippen LogP contribution in [0.4, 0.5) is 4.39 Å². The molecule has 1 aromatic carbocycles. The highest BCUT2D eigenvalue weighted by Crippen LogP contribution is 2.31. The molecule has 2 rings (SSSR count). The molecule has 1 aromatic rings. The van der Waals surface area contributed by atoms with Crippen LogP contribution in [0.2, 0.25) is 5.02 Å². The van der Waals surface area contributed by atoms with Crippen LogP contribution in [0, 0.1) is 5.82 Å². The Balaban J connectivity index is 2.34. The molecule has 1 saturated heterocycles. The van der Waals surface area contributed by atoms with Crippen molar-refractivity contribution in [3.63, 3.8) is 0 Å². The zero-order valence-electron chi connectivity index (χ0n) is 7.49. The number of rotatable bonds is 1. The van der Waals surface area contributed by atoms with Gasteiger partial charge in [0.1, 0.15) is 0 Å². The lowest BCUT2D eigenvalue weighted by Gasteiger charge is -2.10. The molecule has 0 spiro atoms. The minimum absolute atomic E-state index is 0.196. The molecule has 1 nitrogen and oxygen atoms in total. The van der Waals surface area contributed by atoms with Gasteiger partial charge in [0.25, 0.3) is 0 Å². The minimum Gasteiger partial charge on any atom is -0.316 e. The Bertz CT molecular complexity index is 327. The molecule has 1 atom stereocenters. The van der Waals surface area contributed by atoms with E-state index in [-0.39, 0.29) is 10.8 Å². The molecule has 0 saturated carbocycles. The highest BCUT2D eigenvalue weighted by atomic mass is 79.9. The number of benzene rings is 1. The Morgan fingerprint density at radius 3 is 2.86 bits per heavy atom. The van der Waals surface area contributed by atoms with E-state index in [1.54, 1.807) is 6.07 Å². The van der Waals surface area contributed by atoms with E-state index in [9.17, 15) is 4.39 Å². The molecule has 0 radical (unpaired) electrons. The predicted octanol–water partition coefficient (Wildman–Crippen LogP) is 3.32. The maximum absolute atomic E-state index is 13.2. The standard InChI is InChI=1S/C10H10BrClFN/c11-8-3-7(4-9(12)10(8)13)6-1-2-14-5-6/h3-4,6,14H,1-2,5H2. The maximum Gasteiger partial charge on any atom is 0.155 e. The van der Waals surface area contributed by atoms with Crippen molar-refractivity contribution in [2.24, 2.45) is 0 Å². The van der Waals surface area contributed by atoms with Gasteiger partial charge in [0.2, 0.25) is 0 Å². The Morgan fingerprint density at radius 1 is 1.50 bits per heavy atom. The molecule has 1 fully saturated rings. The Labute approximate surface area is 95.8 Å². The van der Waals surface area contributed by atoms with Gasteiger partial charge in [-0.25, -0.2) is 4.39 Å². The molecule has 0 bridgehead atoms. The summed E-state index contributed by atoms with van der Waals surface area (Å²) < 4.78 is 13.7. The minimum atomic E-state index is -0.374. The first-order valence-corrected chi connectivity index (χ1v) is 5.70. The van der Waals surface area contributed by atoms with E-state index < -0.39 is 0 Å². The van der Waals surface area contributed by atoms with Gasteiger partial charge in [0, 0.05) is 6.54 Å². The molecule has 1 heterocycles. The SMILES string of the molecule is Fc1c(Cl)cc(C2CCNC2)cc1Br. The highest BCUT2D eigenvalue weighted by molar-refractivity contribution is 9.10. The zero-order valence-corrected chi connectivity index (χ0v) is 9.83. The fourth-order valence-electron chi connectivity index (χ4n) is 1.75. The topological polar surface area (TPSA) is 12.0 Å². The van der Waals surface area contributed by atoms with Gasteiger partial charge in [-0.2, -0.15) is 0 Å². The van der Waals surface area contributed by atoms with Crippen molar-refractivity contribution in [2.45, 2.75) is 12.3 Å². The van der Waals surface area contributed by atoms with Crippen molar-refractivity contribution in [3.8, 4) is 0 Å². The van der Waals surface area contributed by atoms with Crippen molar-refractivity contribution < 1.29 is 4.39 Å². The lowest BCUT2D eigenvalue weighted by molar-refractivity contribution is 0.619. The van der Waals surface area contributed by atoms with Crippen molar-refractivity contribution in [3.05, 3.63) is 33.0 Å². The molecule has 1 unspecified atom stereocenters. The molecule has 1 aliphatic rings. The van der Waals surface area contributed by atoms with Crippen LogP contribution in [-0.2, 0) is 0 Å². The summed E-state index contributed by atoms with van der Waals surface area (Å²) in [7, 11) is 0. The van der Waals surface area contributed by atoms with Gasteiger partial charge >= 0.3 is 0 Å². The summed E-state index contributed by atoms with van der Waals surface area (Å²) in [5.41, 5.74) is 1.10. The third-order valence-corrected chi connectivity index (χ3v) is 3.39. The van der Waals surface area contributed by atoms with E-state index in [0.29, 0.717) is 10.4 Å². The van der Waals surface area contributed by atoms with Crippen LogP contribution in [0.25, 0.3) is 0 Å². The van der Waals surface area contributed by atoms with Gasteiger partial charge in [-0.1, -0.05) is 11.6 Å². The first-order chi connectivity index (χ1) is 6.68. The van der Waals surface area contributed by atoms with Gasteiger partial charge < -0.3 is 5.32 Å². The van der Waals surface area contributed by atoms with Gasteiger partial charge in [0.15, 0.2) is 5.82 Å². The third kappa shape index (κ3) is 1.95. The summed E-state index contributed by atoms with van der Waals surface area (Å²) in [4.78, 5) is 0. The molecule has 1 N–H and O–H groups in total. The van der Waals surface area contributed by atoms with Crippen molar-refractivity contribution in [1.82, 2.24) is 5.32 Å². The average Bonchev–Trinajstić information content (AvgIpc) is 2.66. The molecule has 0 aromatic heterocycles. The van der Waals surface area contributed by atoms with E-state index in [2.05, 4.69) is 21.2 Å². The summed E-state index contributed by atoms with van der Waals surface area (Å²) in [5, 5.41) is 3.47. The number of hydrogen-bond donors (Lipinski definition) is 1. The van der Waals surface area contributed by atoms with E-state index >= 15 is 0 Å². The molecular weight excluding hydrogens is 268 g/mol. The normalized spacial score (nSPS) is 21.5. The van der Waals surface area contributed by atoms with Crippen LogP contribution in [0.15, 0.2) is 16.6 Å². The zero-order chi connectivity index (χ0) is 10.1. The lowest BCUT2D eigenvalue weighted by atomic mass is 9.99. The third-order valence-electron chi connectivity index (χ3n) is 2.54. The van der Waals surface area contributed by atoms with Gasteiger partial charge in [-0.3, -0.25) is 0 Å². The molecule has 1 aliphatic heterocycles. The van der Waals surface area contributed by atoms with Crippen LogP contribution in [0.5, 0.6) is 0 Å². The maximum atomic E-state index is 13.2. The number of hydrogen-bond acceptors (Lipinski definition) is 1. The smallest absolute Gasteiger partial charge is 0.155 e. The summed E-state index contributed by atoms with van der Waals surface area (Å²) in [6.45, 7) is 1.98. The second-order valence-electron chi connectivity index (χ2n) is 3.49. The van der Waals surface area contributed by atoms with Crippen LogP contribution in [0.1, 0.15) is 17.9 Å². The number of nitrogens with one attached hydrogen (secondary N) is 1. The predicted molar refractivity (Wildman–Crippen MR) is 59.3 cm³/mol. The largest absolute Gasteiger partial charge is 0.316 e. The quantitative estimate of drug-likeness (QED) is 0.777. The highest BCUT2D eigenvalue weighted by Gasteiger charge is 2.18. The monoisotopic (exact) mass is 277 g/mol. The Kier molecular flexibility index (Phi) is 3.10. The second kappa shape index (κ2) is 4.17. The van der Waals surface area contributed by atoms with Crippen LogP contribution >= 0.6 is 27.5 Å². The molecular formula is C10H10BrClFN. The second-order valence-corrected chi connectivity index (χ2v) is 4.75. The van der Waals surface area contributed by atoms with Gasteiger partial charge in [-0.05, 0) is 52.5 Å². The molecule has 14 heavy (non-hydrogen) atoms. The average molecular weight is 279 g/mol. The van der Waals surface area contributed by atoms with E-state index in [1.165, 1.54) is 0 Å². The summed E-state index contributed by atoms with van der Waals surface area (Å²) in [5.74, 6) is 0.0887. The van der Waals surface area contributed by atoms with Gasteiger partial charge in [0.05, 0.1) is 9.50 Å². The van der Waals surface area contributed by atoms with E-state index in [1.807, 2.05) is 6.07 Å². The molecule has 4 heteroatoms.